The van der Waals surface area contributed by atoms with Gasteiger partial charge in [0.2, 0.25) is 10.0 Å². The van der Waals surface area contributed by atoms with Gasteiger partial charge in [0.15, 0.2) is 0 Å². The van der Waals surface area contributed by atoms with Gasteiger partial charge in [-0.15, -0.1) is 11.8 Å². The number of sulfonamides is 1. The summed E-state index contributed by atoms with van der Waals surface area (Å²) in [5.74, 6) is -1.12. The van der Waals surface area contributed by atoms with Crippen LogP contribution >= 0.6 is 11.8 Å². The van der Waals surface area contributed by atoms with E-state index in [1.54, 1.807) is 24.3 Å². The van der Waals surface area contributed by atoms with Crippen LogP contribution in [0.5, 0.6) is 0 Å². The van der Waals surface area contributed by atoms with Crippen LogP contribution in [0.1, 0.15) is 58.1 Å². The molecular weight excluding hydrogens is 913 g/mol. The normalized spacial score (nSPS) is 13.0. The number of hydrogen-bond donors (Lipinski definition) is 1. The zero-order valence-electron chi connectivity index (χ0n) is 39.3. The topological polar surface area (TPSA) is 162 Å². The number of nitrogens with zero attached hydrogens (tertiary/aromatic N) is 3. The lowest BCUT2D eigenvalue weighted by Gasteiger charge is -2.44. The fraction of sp³-hybridized carbons (Fsp3) is 0.283. The molecule has 68 heavy (non-hydrogen) atoms. The molecule has 0 saturated carbocycles. The molecule has 2 amide bonds. The number of carbonyl (C=O) groups excluding carboxylic acids is 2. The van der Waals surface area contributed by atoms with E-state index in [0.717, 1.165) is 26.4 Å². The highest BCUT2D eigenvalue weighted by atomic mass is 32.2. The van der Waals surface area contributed by atoms with Gasteiger partial charge in [-0.3, -0.25) is 14.9 Å². The first-order chi connectivity index (χ1) is 32.5. The Morgan fingerprint density at radius 2 is 1.24 bits per heavy atom. The average molecular weight is 973 g/mol. The maximum Gasteiger partial charge on any atom is 0.421 e. The van der Waals surface area contributed by atoms with Crippen LogP contribution < -0.4 is 21.0 Å². The molecule has 6 aromatic rings. The largest absolute Gasteiger partial charge is 0.452 e. The van der Waals surface area contributed by atoms with Crippen molar-refractivity contribution < 1.29 is 32.1 Å². The maximum atomic E-state index is 15.1. The lowest BCUT2D eigenvalue weighted by atomic mass is 9.85. The highest BCUT2D eigenvalue weighted by molar-refractivity contribution is 7.99. The summed E-state index contributed by atoms with van der Waals surface area (Å²) < 4.78 is 44.4. The van der Waals surface area contributed by atoms with Crippen LogP contribution in [0, 0.1) is 16.0 Å². The standard InChI is InChI=1S/C53H60N4O8S2Si/c1-39(2)35-36-55(67(62,63)44-33-31-42(32-34-44)57(60)61)43(37-65-68(53(3,4)5,45-25-15-9-16-26-45)46-27-17-10-18-28-46)38-66-48-30-20-19-29-47(48)56(52(59)64-6)51(58)50(54)49(40-21-11-7-12-22-40)41-23-13-8-14-24-41/h7-34,39,43,49-50H,35-38,54H2,1-6H3/t43-,50+/m1/s1. The van der Waals surface area contributed by atoms with E-state index >= 15 is 8.42 Å². The monoisotopic (exact) mass is 972 g/mol. The van der Waals surface area contributed by atoms with Crippen LogP contribution in [-0.2, 0) is 24.0 Å². The second-order valence-corrected chi connectivity index (χ2v) is 25.2. The number of amides is 2. The third-order valence-electron chi connectivity index (χ3n) is 12.0. The minimum absolute atomic E-state index is 0.0485. The molecule has 15 heteroatoms. The molecule has 0 fully saturated rings. The number of nitro benzene ring substituents is 1. The van der Waals surface area contributed by atoms with Gasteiger partial charge in [0.1, 0.15) is 0 Å². The molecule has 6 aromatic carbocycles. The maximum absolute atomic E-state index is 15.1. The van der Waals surface area contributed by atoms with E-state index in [1.165, 1.54) is 47.4 Å². The van der Waals surface area contributed by atoms with Crippen molar-refractivity contribution in [3.8, 4) is 0 Å². The number of nitrogens with two attached hydrogens (primary N) is 1. The van der Waals surface area contributed by atoms with Gasteiger partial charge >= 0.3 is 6.09 Å². The molecule has 2 atom stereocenters. The number of rotatable bonds is 20. The third kappa shape index (κ3) is 11.7. The molecule has 0 saturated heterocycles. The number of imide groups is 1. The van der Waals surface area contributed by atoms with Gasteiger partial charge in [0, 0.05) is 35.2 Å². The van der Waals surface area contributed by atoms with Gasteiger partial charge in [0.25, 0.3) is 19.9 Å². The Bertz CT molecular complexity index is 2630. The van der Waals surface area contributed by atoms with E-state index in [0.29, 0.717) is 11.3 Å². The Morgan fingerprint density at radius 3 is 1.71 bits per heavy atom. The van der Waals surface area contributed by atoms with E-state index in [-0.39, 0.29) is 41.1 Å². The molecule has 2 N–H and O–H groups in total. The first-order valence-electron chi connectivity index (χ1n) is 22.5. The van der Waals surface area contributed by atoms with E-state index < -0.39 is 58.3 Å². The van der Waals surface area contributed by atoms with Gasteiger partial charge < -0.3 is 14.9 Å². The second-order valence-electron chi connectivity index (χ2n) is 17.9. The Morgan fingerprint density at radius 1 is 0.750 bits per heavy atom. The summed E-state index contributed by atoms with van der Waals surface area (Å²) in [5.41, 5.74) is 8.48. The number of hydrogen-bond acceptors (Lipinski definition) is 10. The van der Waals surface area contributed by atoms with Crippen LogP contribution in [0.3, 0.4) is 0 Å². The van der Waals surface area contributed by atoms with Crippen molar-refractivity contribution in [2.75, 3.05) is 30.9 Å². The lowest BCUT2D eigenvalue weighted by Crippen LogP contribution is -2.67. The predicted molar refractivity (Wildman–Crippen MR) is 274 cm³/mol. The van der Waals surface area contributed by atoms with E-state index in [9.17, 15) is 19.7 Å². The Balaban J connectivity index is 1.46. The van der Waals surface area contributed by atoms with Crippen molar-refractivity contribution in [1.82, 2.24) is 4.31 Å². The van der Waals surface area contributed by atoms with Crippen molar-refractivity contribution >= 4 is 63.9 Å². The van der Waals surface area contributed by atoms with Crippen molar-refractivity contribution in [2.45, 2.75) is 73.9 Å². The van der Waals surface area contributed by atoms with Crippen LogP contribution in [-0.4, -0.2) is 76.1 Å². The van der Waals surface area contributed by atoms with E-state index in [2.05, 4.69) is 45.0 Å². The molecule has 0 bridgehead atoms. The number of ether oxygens (including phenoxy) is 1. The average Bonchev–Trinajstić information content (AvgIpc) is 3.34. The zero-order valence-corrected chi connectivity index (χ0v) is 41.9. The van der Waals surface area contributed by atoms with Crippen molar-refractivity contribution in [2.24, 2.45) is 11.7 Å². The fourth-order valence-corrected chi connectivity index (χ4v) is 16.0. The second kappa shape index (κ2) is 22.9. The lowest BCUT2D eigenvalue weighted by molar-refractivity contribution is -0.384. The zero-order chi connectivity index (χ0) is 49.1. The first kappa shape index (κ1) is 51.4. The third-order valence-corrected chi connectivity index (χ3v) is 20.2. The van der Waals surface area contributed by atoms with Gasteiger partial charge in [-0.1, -0.05) is 168 Å². The van der Waals surface area contributed by atoms with Gasteiger partial charge in [-0.2, -0.15) is 4.31 Å². The van der Waals surface area contributed by atoms with Gasteiger partial charge in [-0.25, -0.2) is 18.1 Å². The van der Waals surface area contributed by atoms with Crippen molar-refractivity contribution in [3.05, 3.63) is 191 Å². The molecule has 356 valence electrons. The molecule has 0 radical (unpaired) electrons. The summed E-state index contributed by atoms with van der Waals surface area (Å²) in [5, 5.41) is 13.2. The number of para-hydroxylation sites is 1. The quantitative estimate of drug-likeness (QED) is 0.0338. The van der Waals surface area contributed by atoms with Gasteiger partial charge in [0.05, 0.1) is 41.3 Å². The number of methoxy groups -OCH3 is 1. The highest BCUT2D eigenvalue weighted by Crippen LogP contribution is 2.39. The highest BCUT2D eigenvalue weighted by Gasteiger charge is 2.51. The minimum Gasteiger partial charge on any atom is -0.452 e. The molecule has 0 aromatic heterocycles. The predicted octanol–water partition coefficient (Wildman–Crippen LogP) is 9.63. The van der Waals surface area contributed by atoms with Crippen molar-refractivity contribution in [3.63, 3.8) is 0 Å². The first-order valence-corrected chi connectivity index (χ1v) is 26.8. The van der Waals surface area contributed by atoms with E-state index in [1.807, 2.05) is 111 Å². The molecule has 0 aliphatic heterocycles. The molecule has 0 aliphatic rings. The van der Waals surface area contributed by atoms with Crippen LogP contribution in [0.4, 0.5) is 16.2 Å². The number of benzene rings is 6. The molecule has 0 heterocycles. The summed E-state index contributed by atoms with van der Waals surface area (Å²) >= 11 is 1.27. The molecule has 0 aliphatic carbocycles. The number of anilines is 1. The number of nitro groups is 1. The smallest absolute Gasteiger partial charge is 0.421 e. The number of thioether (sulfide) groups is 1. The Hall–Kier alpha value is -5.94. The fourth-order valence-electron chi connectivity index (χ4n) is 8.52. The Labute approximate surface area is 405 Å². The van der Waals surface area contributed by atoms with Gasteiger partial charge in [-0.05, 0) is 63.1 Å². The minimum atomic E-state index is -4.33. The molecule has 6 rings (SSSR count). The SMILES string of the molecule is COC(=O)N(C(=O)[C@@H](N)C(c1ccccc1)c1ccccc1)c1ccccc1SC[C@@H](CO[Si](c1ccccc1)(c1ccccc1)C(C)(C)C)N(CCC(C)C)S(=O)(=O)c1ccc([N+](=O)[O-])cc1. The molecular formula is C53H60N4O8S2Si. The van der Waals surface area contributed by atoms with Crippen LogP contribution in [0.2, 0.25) is 5.04 Å². The Kier molecular flexibility index (Phi) is 17.3. The summed E-state index contributed by atoms with van der Waals surface area (Å²) in [7, 11) is -6.38. The number of carbonyl (C=O) groups is 2. The van der Waals surface area contributed by atoms with E-state index in [4.69, 9.17) is 14.9 Å². The van der Waals surface area contributed by atoms with Crippen molar-refractivity contribution in [1.29, 1.82) is 0 Å². The van der Waals surface area contributed by atoms with Crippen LogP contribution in [0.25, 0.3) is 0 Å². The molecule has 0 spiro atoms. The summed E-state index contributed by atoms with van der Waals surface area (Å²) in [6.07, 6.45) is -0.445. The molecule has 0 unspecified atom stereocenters. The summed E-state index contributed by atoms with van der Waals surface area (Å²) in [6.45, 7) is 10.5. The number of non-ortho nitro benzene ring substituents is 1. The summed E-state index contributed by atoms with van der Waals surface area (Å²) in [6, 6.07) is 48.6. The molecule has 12 nitrogen and oxygen atoms in total. The summed E-state index contributed by atoms with van der Waals surface area (Å²) in [4.78, 5) is 41.2. The van der Waals surface area contributed by atoms with Crippen LogP contribution in [0.15, 0.2) is 180 Å².